The number of hydrogen-bond acceptors (Lipinski definition) is 1. The molecule has 1 nitrogen and oxygen atoms in total. The van der Waals surface area contributed by atoms with Gasteiger partial charge in [0.1, 0.15) is 0 Å². The van der Waals surface area contributed by atoms with Gasteiger partial charge in [-0.25, -0.2) is 0 Å². The van der Waals surface area contributed by atoms with Crippen LogP contribution in [-0.4, -0.2) is 12.6 Å². The summed E-state index contributed by atoms with van der Waals surface area (Å²) >= 11 is 0. The smallest absolute Gasteiger partial charge is 0.0582 e. The van der Waals surface area contributed by atoms with Crippen LogP contribution in [-0.2, 0) is 12.8 Å². The summed E-state index contributed by atoms with van der Waals surface area (Å²) in [6.07, 6.45) is 3.52. The third-order valence-electron chi connectivity index (χ3n) is 3.83. The van der Waals surface area contributed by atoms with Crippen molar-refractivity contribution in [3.05, 3.63) is 71.3 Å². The first-order valence-corrected chi connectivity index (χ1v) is 7.26. The zero-order chi connectivity index (χ0) is 13.6. The van der Waals surface area contributed by atoms with E-state index < -0.39 is 0 Å². The summed E-state index contributed by atoms with van der Waals surface area (Å²) in [6, 6.07) is 19.5. The average Bonchev–Trinajstić information content (AvgIpc) is 2.52. The maximum Gasteiger partial charge on any atom is 0.0582 e. The lowest BCUT2D eigenvalue weighted by Gasteiger charge is -2.24. The number of hydrogen-bond donors (Lipinski definition) is 1. The third-order valence-corrected chi connectivity index (χ3v) is 3.83. The molecule has 1 N–H and O–H groups in total. The molecule has 0 aliphatic heterocycles. The molecule has 0 aromatic heterocycles. The van der Waals surface area contributed by atoms with Crippen LogP contribution in [0.15, 0.2) is 54.6 Å². The summed E-state index contributed by atoms with van der Waals surface area (Å²) in [5, 5.41) is 3.56. The monoisotopic (exact) mass is 261 g/mol. The molecule has 3 rings (SSSR count). The van der Waals surface area contributed by atoms with Crippen LogP contribution in [0.2, 0.25) is 0 Å². The van der Waals surface area contributed by atoms with E-state index in [0.717, 1.165) is 18.5 Å². The van der Waals surface area contributed by atoms with Crippen LogP contribution in [0.3, 0.4) is 0 Å². The van der Waals surface area contributed by atoms with Gasteiger partial charge in [-0.05, 0) is 42.5 Å². The van der Waals surface area contributed by atoms with Gasteiger partial charge in [0.15, 0.2) is 0 Å². The molecule has 0 saturated carbocycles. The van der Waals surface area contributed by atoms with Crippen molar-refractivity contribution in [1.29, 1.82) is 0 Å². The van der Waals surface area contributed by atoms with E-state index in [2.05, 4.69) is 41.4 Å². The standard InChI is InChI=1S/C19H19N/c1-2-7-16(8-3-1)9-6-14-20-19-13-12-17-10-4-5-11-18(17)15-19/h1-5,7-8,10-11,19-20H,12-15H2. The van der Waals surface area contributed by atoms with E-state index in [1.54, 1.807) is 0 Å². The van der Waals surface area contributed by atoms with Gasteiger partial charge in [0.2, 0.25) is 0 Å². The molecule has 0 heterocycles. The minimum Gasteiger partial charge on any atom is -0.303 e. The summed E-state index contributed by atoms with van der Waals surface area (Å²) in [4.78, 5) is 0. The predicted octanol–water partition coefficient (Wildman–Crippen LogP) is 3.19. The molecular weight excluding hydrogens is 242 g/mol. The minimum absolute atomic E-state index is 0.565. The van der Waals surface area contributed by atoms with Gasteiger partial charge in [-0.3, -0.25) is 0 Å². The van der Waals surface area contributed by atoms with Crippen LogP contribution >= 0.6 is 0 Å². The number of fused-ring (bicyclic) bond motifs is 1. The van der Waals surface area contributed by atoms with E-state index in [-0.39, 0.29) is 0 Å². The molecule has 1 unspecified atom stereocenters. The summed E-state index contributed by atoms with van der Waals surface area (Å²) in [7, 11) is 0. The van der Waals surface area contributed by atoms with Gasteiger partial charge >= 0.3 is 0 Å². The molecule has 1 atom stereocenters. The van der Waals surface area contributed by atoms with Crippen molar-refractivity contribution in [3.63, 3.8) is 0 Å². The third kappa shape index (κ3) is 3.29. The van der Waals surface area contributed by atoms with Crippen molar-refractivity contribution >= 4 is 0 Å². The first-order valence-electron chi connectivity index (χ1n) is 7.26. The normalized spacial score (nSPS) is 16.9. The maximum atomic E-state index is 3.56. The van der Waals surface area contributed by atoms with Gasteiger partial charge in [0, 0.05) is 11.6 Å². The first kappa shape index (κ1) is 13.0. The first-order chi connectivity index (χ1) is 9.92. The van der Waals surface area contributed by atoms with Crippen LogP contribution in [0.25, 0.3) is 0 Å². The summed E-state index contributed by atoms with van der Waals surface area (Å²) < 4.78 is 0. The fraction of sp³-hybridized carbons (Fsp3) is 0.263. The fourth-order valence-electron chi connectivity index (χ4n) is 2.74. The Kier molecular flexibility index (Phi) is 4.16. The minimum atomic E-state index is 0.565. The molecule has 0 spiro atoms. The van der Waals surface area contributed by atoms with E-state index in [4.69, 9.17) is 0 Å². The predicted molar refractivity (Wildman–Crippen MR) is 83.6 cm³/mol. The fourth-order valence-corrected chi connectivity index (χ4v) is 2.74. The average molecular weight is 261 g/mol. The van der Waals surface area contributed by atoms with Crippen molar-refractivity contribution in [3.8, 4) is 11.8 Å². The molecule has 1 aliphatic rings. The van der Waals surface area contributed by atoms with Crippen LogP contribution in [0.4, 0.5) is 0 Å². The summed E-state index contributed by atoms with van der Waals surface area (Å²) in [5.41, 5.74) is 4.09. The molecule has 0 amide bonds. The molecule has 1 aliphatic carbocycles. The van der Waals surface area contributed by atoms with Crippen LogP contribution in [0, 0.1) is 11.8 Å². The number of nitrogens with one attached hydrogen (secondary N) is 1. The molecule has 20 heavy (non-hydrogen) atoms. The van der Waals surface area contributed by atoms with Gasteiger partial charge in [-0.2, -0.15) is 0 Å². The van der Waals surface area contributed by atoms with E-state index in [1.165, 1.54) is 24.0 Å². The molecule has 0 fully saturated rings. The zero-order valence-corrected chi connectivity index (χ0v) is 11.6. The zero-order valence-electron chi connectivity index (χ0n) is 11.6. The van der Waals surface area contributed by atoms with E-state index >= 15 is 0 Å². The van der Waals surface area contributed by atoms with Gasteiger partial charge in [0.05, 0.1) is 6.54 Å². The number of aryl methyl sites for hydroxylation is 1. The second kappa shape index (κ2) is 6.41. The van der Waals surface area contributed by atoms with E-state index in [1.807, 2.05) is 30.3 Å². The lowest BCUT2D eigenvalue weighted by Crippen LogP contribution is -2.34. The van der Waals surface area contributed by atoms with Crippen LogP contribution < -0.4 is 5.32 Å². The second-order valence-corrected chi connectivity index (χ2v) is 5.26. The van der Waals surface area contributed by atoms with Crippen molar-refractivity contribution in [1.82, 2.24) is 5.32 Å². The highest BCUT2D eigenvalue weighted by atomic mass is 14.9. The number of rotatable bonds is 2. The van der Waals surface area contributed by atoms with Crippen molar-refractivity contribution in [2.24, 2.45) is 0 Å². The maximum absolute atomic E-state index is 3.56. The molecule has 1 heteroatoms. The Morgan fingerprint density at radius 2 is 1.70 bits per heavy atom. The van der Waals surface area contributed by atoms with E-state index in [0.29, 0.717) is 6.04 Å². The Labute approximate surface area is 121 Å². The topological polar surface area (TPSA) is 12.0 Å². The molecule has 0 saturated heterocycles. The Hall–Kier alpha value is -2.04. The quantitative estimate of drug-likeness (QED) is 0.819. The molecule has 2 aromatic carbocycles. The Bertz CT molecular complexity index is 619. The highest BCUT2D eigenvalue weighted by Crippen LogP contribution is 2.20. The van der Waals surface area contributed by atoms with Crippen molar-refractivity contribution in [2.75, 3.05) is 6.54 Å². The summed E-state index contributed by atoms with van der Waals surface area (Å²) in [6.45, 7) is 0.766. The largest absolute Gasteiger partial charge is 0.303 e. The Morgan fingerprint density at radius 3 is 2.55 bits per heavy atom. The molecule has 0 bridgehead atoms. The molecule has 100 valence electrons. The molecule has 0 radical (unpaired) electrons. The van der Waals surface area contributed by atoms with Crippen molar-refractivity contribution in [2.45, 2.75) is 25.3 Å². The Morgan fingerprint density at radius 1 is 0.950 bits per heavy atom. The van der Waals surface area contributed by atoms with Gasteiger partial charge in [-0.15, -0.1) is 0 Å². The van der Waals surface area contributed by atoms with Crippen molar-refractivity contribution < 1.29 is 0 Å². The molecular formula is C19H19N. The number of benzene rings is 2. The molecule has 2 aromatic rings. The van der Waals surface area contributed by atoms with E-state index in [9.17, 15) is 0 Å². The SMILES string of the molecule is C(#Cc1ccccc1)CNC1CCc2ccccc2C1. The second-order valence-electron chi connectivity index (χ2n) is 5.26. The highest BCUT2D eigenvalue weighted by molar-refractivity contribution is 5.34. The lowest BCUT2D eigenvalue weighted by molar-refractivity contribution is 0.482. The van der Waals surface area contributed by atoms with Gasteiger partial charge in [-0.1, -0.05) is 54.3 Å². The van der Waals surface area contributed by atoms with Gasteiger partial charge < -0.3 is 5.32 Å². The van der Waals surface area contributed by atoms with Crippen LogP contribution in [0.1, 0.15) is 23.1 Å². The van der Waals surface area contributed by atoms with Crippen LogP contribution in [0.5, 0.6) is 0 Å². The lowest BCUT2D eigenvalue weighted by atomic mass is 9.88. The summed E-state index contributed by atoms with van der Waals surface area (Å²) in [5.74, 6) is 6.40. The van der Waals surface area contributed by atoms with Gasteiger partial charge in [0.25, 0.3) is 0 Å². The Balaban J connectivity index is 1.52. The highest BCUT2D eigenvalue weighted by Gasteiger charge is 2.16.